The lowest BCUT2D eigenvalue weighted by atomic mass is 9.97. The van der Waals surface area contributed by atoms with E-state index < -0.39 is 0 Å². The number of hydrogen-bond donors (Lipinski definition) is 1. The first-order valence-electron chi connectivity index (χ1n) is 11.1. The number of rotatable bonds is 5. The summed E-state index contributed by atoms with van der Waals surface area (Å²) >= 11 is 0. The Morgan fingerprint density at radius 3 is 2.75 bits per heavy atom. The number of likely N-dealkylation sites (tertiary alicyclic amines) is 1. The van der Waals surface area contributed by atoms with Crippen LogP contribution in [0.3, 0.4) is 0 Å². The Morgan fingerprint density at radius 1 is 1.09 bits per heavy atom. The number of carbonyl (C=O) groups is 1. The third-order valence-corrected chi connectivity index (χ3v) is 6.03. The van der Waals surface area contributed by atoms with Crippen molar-refractivity contribution in [2.24, 2.45) is 5.92 Å². The number of fused-ring (bicyclic) bond motifs is 1. The van der Waals surface area contributed by atoms with Crippen molar-refractivity contribution < 1.29 is 9.32 Å². The van der Waals surface area contributed by atoms with Crippen LogP contribution in [0.4, 0.5) is 5.69 Å². The molecule has 5 rings (SSSR count). The topological polar surface area (TPSA) is 71.3 Å². The summed E-state index contributed by atoms with van der Waals surface area (Å²) in [6.45, 7) is 4.20. The summed E-state index contributed by atoms with van der Waals surface area (Å²) in [4.78, 5) is 19.7. The Kier molecular flexibility index (Phi) is 5.69. The fourth-order valence-electron chi connectivity index (χ4n) is 4.25. The van der Waals surface area contributed by atoms with Gasteiger partial charge in [0.2, 0.25) is 17.6 Å². The monoisotopic (exact) mass is 426 g/mol. The molecule has 1 saturated heterocycles. The fourth-order valence-corrected chi connectivity index (χ4v) is 4.25. The molecular formula is C26H26N4O2. The number of aryl methyl sites for hydroxylation is 1. The van der Waals surface area contributed by atoms with Gasteiger partial charge in [0.15, 0.2) is 0 Å². The second-order valence-electron chi connectivity index (χ2n) is 8.50. The highest BCUT2D eigenvalue weighted by Crippen LogP contribution is 2.23. The highest BCUT2D eigenvalue weighted by molar-refractivity contribution is 5.95. The number of benzene rings is 3. The average Bonchev–Trinajstić information content (AvgIpc) is 3.28. The smallest absolute Gasteiger partial charge is 0.241 e. The van der Waals surface area contributed by atoms with Gasteiger partial charge < -0.3 is 9.84 Å². The first-order valence-corrected chi connectivity index (χ1v) is 11.1. The van der Waals surface area contributed by atoms with Crippen LogP contribution in [0.2, 0.25) is 0 Å². The number of piperidine rings is 1. The lowest BCUT2D eigenvalue weighted by Crippen LogP contribution is -2.40. The molecule has 6 nitrogen and oxygen atoms in total. The summed E-state index contributed by atoms with van der Waals surface area (Å²) in [5, 5.41) is 9.51. The third-order valence-electron chi connectivity index (χ3n) is 6.03. The summed E-state index contributed by atoms with van der Waals surface area (Å²) in [6.07, 6.45) is 1.85. The molecule has 0 saturated carbocycles. The zero-order valence-corrected chi connectivity index (χ0v) is 18.1. The van der Waals surface area contributed by atoms with Crippen molar-refractivity contribution in [3.63, 3.8) is 0 Å². The predicted molar refractivity (Wildman–Crippen MR) is 125 cm³/mol. The molecule has 32 heavy (non-hydrogen) atoms. The molecule has 6 heteroatoms. The molecule has 1 atom stereocenters. The van der Waals surface area contributed by atoms with Crippen LogP contribution in [0.25, 0.3) is 22.2 Å². The Hall–Kier alpha value is -3.51. The van der Waals surface area contributed by atoms with E-state index in [1.54, 1.807) is 0 Å². The molecule has 3 aromatic carbocycles. The maximum atomic E-state index is 12.9. The summed E-state index contributed by atoms with van der Waals surface area (Å²) in [6, 6.07) is 22.3. The number of nitrogens with zero attached hydrogens (tertiary/aromatic N) is 3. The van der Waals surface area contributed by atoms with Crippen LogP contribution in [-0.4, -0.2) is 34.0 Å². The normalized spacial score (nSPS) is 16.8. The van der Waals surface area contributed by atoms with Gasteiger partial charge in [0.25, 0.3) is 0 Å². The maximum absolute atomic E-state index is 12.9. The van der Waals surface area contributed by atoms with E-state index >= 15 is 0 Å². The molecule has 1 aliphatic rings. The van der Waals surface area contributed by atoms with E-state index in [9.17, 15) is 4.79 Å². The van der Waals surface area contributed by atoms with Crippen LogP contribution < -0.4 is 5.32 Å². The highest BCUT2D eigenvalue weighted by atomic mass is 16.5. The van der Waals surface area contributed by atoms with Crippen molar-refractivity contribution in [2.75, 3.05) is 18.4 Å². The van der Waals surface area contributed by atoms with E-state index in [2.05, 4.69) is 32.5 Å². The van der Waals surface area contributed by atoms with Gasteiger partial charge in [-0.15, -0.1) is 0 Å². The van der Waals surface area contributed by atoms with Gasteiger partial charge in [-0.1, -0.05) is 65.3 Å². The quantitative estimate of drug-likeness (QED) is 0.484. The number of nitrogens with one attached hydrogen (secondary N) is 1. The van der Waals surface area contributed by atoms with E-state index in [0.717, 1.165) is 36.0 Å². The van der Waals surface area contributed by atoms with Crippen molar-refractivity contribution in [1.29, 1.82) is 0 Å². The third kappa shape index (κ3) is 4.55. The van der Waals surface area contributed by atoms with Gasteiger partial charge in [0, 0.05) is 17.8 Å². The van der Waals surface area contributed by atoms with Gasteiger partial charge in [0.1, 0.15) is 0 Å². The van der Waals surface area contributed by atoms with Crippen LogP contribution in [0.5, 0.6) is 0 Å². The molecule has 1 fully saturated rings. The minimum atomic E-state index is -0.0605. The minimum absolute atomic E-state index is 0.0605. The second kappa shape index (κ2) is 8.93. The molecule has 0 spiro atoms. The standard InChI is InChI=1S/C26H26N4O2/c1-18-8-10-20(11-9-18)25-28-24(32-29-25)17-30-14-4-7-22(16-30)26(31)27-23-13-12-19-5-2-3-6-21(19)15-23/h2-3,5-6,8-13,15,22H,4,7,14,16-17H2,1H3,(H,27,31). The molecule has 162 valence electrons. The number of carbonyl (C=O) groups excluding carboxylic acids is 1. The highest BCUT2D eigenvalue weighted by Gasteiger charge is 2.27. The fraction of sp³-hybridized carbons (Fsp3) is 0.269. The van der Waals surface area contributed by atoms with Crippen LogP contribution in [0.15, 0.2) is 71.3 Å². The molecule has 0 radical (unpaired) electrons. The SMILES string of the molecule is Cc1ccc(-c2noc(CN3CCCC(C(=O)Nc4ccc5ccccc5c4)C3)n2)cc1. The van der Waals surface area contributed by atoms with Crippen molar-refractivity contribution in [1.82, 2.24) is 15.0 Å². The van der Waals surface area contributed by atoms with Gasteiger partial charge in [0.05, 0.1) is 12.5 Å². The summed E-state index contributed by atoms with van der Waals surface area (Å²) in [7, 11) is 0. The van der Waals surface area contributed by atoms with E-state index in [-0.39, 0.29) is 11.8 Å². The van der Waals surface area contributed by atoms with Crippen LogP contribution in [0.1, 0.15) is 24.3 Å². The largest absolute Gasteiger partial charge is 0.338 e. The maximum Gasteiger partial charge on any atom is 0.241 e. The molecule has 1 aliphatic heterocycles. The molecule has 0 bridgehead atoms. The van der Waals surface area contributed by atoms with E-state index in [1.165, 1.54) is 10.9 Å². The second-order valence-corrected chi connectivity index (χ2v) is 8.50. The lowest BCUT2D eigenvalue weighted by molar-refractivity contribution is -0.121. The van der Waals surface area contributed by atoms with Gasteiger partial charge in [-0.3, -0.25) is 9.69 Å². The van der Waals surface area contributed by atoms with Crippen molar-refractivity contribution in [3.8, 4) is 11.4 Å². The first kappa shape index (κ1) is 20.4. The number of anilines is 1. The predicted octanol–water partition coefficient (Wildman–Crippen LogP) is 5.05. The summed E-state index contributed by atoms with van der Waals surface area (Å²) in [5.74, 6) is 1.18. The molecule has 1 aromatic heterocycles. The number of hydrogen-bond acceptors (Lipinski definition) is 5. The van der Waals surface area contributed by atoms with Crippen molar-refractivity contribution in [3.05, 3.63) is 78.2 Å². The van der Waals surface area contributed by atoms with Gasteiger partial charge >= 0.3 is 0 Å². The Bertz CT molecular complexity index is 1230. The molecule has 1 amide bonds. The van der Waals surface area contributed by atoms with E-state index in [1.807, 2.05) is 61.5 Å². The molecule has 0 aliphatic carbocycles. The van der Waals surface area contributed by atoms with Crippen LogP contribution in [0, 0.1) is 12.8 Å². The first-order chi connectivity index (χ1) is 15.6. The van der Waals surface area contributed by atoms with Crippen molar-refractivity contribution in [2.45, 2.75) is 26.3 Å². The van der Waals surface area contributed by atoms with E-state index in [0.29, 0.717) is 24.8 Å². The Morgan fingerprint density at radius 2 is 1.91 bits per heavy atom. The van der Waals surface area contributed by atoms with Gasteiger partial charge in [-0.2, -0.15) is 4.98 Å². The van der Waals surface area contributed by atoms with Crippen molar-refractivity contribution >= 4 is 22.4 Å². The molecule has 1 N–H and O–H groups in total. The number of aromatic nitrogens is 2. The zero-order valence-electron chi connectivity index (χ0n) is 18.1. The van der Waals surface area contributed by atoms with Crippen LogP contribution in [-0.2, 0) is 11.3 Å². The molecular weight excluding hydrogens is 400 g/mol. The van der Waals surface area contributed by atoms with Gasteiger partial charge in [-0.25, -0.2) is 0 Å². The van der Waals surface area contributed by atoms with Crippen LogP contribution >= 0.6 is 0 Å². The van der Waals surface area contributed by atoms with Gasteiger partial charge in [-0.05, 0) is 49.2 Å². The molecule has 1 unspecified atom stereocenters. The lowest BCUT2D eigenvalue weighted by Gasteiger charge is -2.30. The Labute approximate surface area is 187 Å². The van der Waals surface area contributed by atoms with E-state index in [4.69, 9.17) is 4.52 Å². The number of amides is 1. The summed E-state index contributed by atoms with van der Waals surface area (Å²) in [5.41, 5.74) is 2.97. The average molecular weight is 427 g/mol. The molecule has 4 aromatic rings. The zero-order chi connectivity index (χ0) is 21.9. The molecule has 2 heterocycles. The summed E-state index contributed by atoms with van der Waals surface area (Å²) < 4.78 is 5.48. The minimum Gasteiger partial charge on any atom is -0.338 e. The Balaban J connectivity index is 1.21.